The average Bonchev–Trinajstić information content (AvgIpc) is 3.22. The number of benzene rings is 1. The molecule has 2 fully saturated rings. The quantitative estimate of drug-likeness (QED) is 0.665. The van der Waals surface area contributed by atoms with Gasteiger partial charge in [-0.3, -0.25) is 9.69 Å². The van der Waals surface area contributed by atoms with E-state index in [1.54, 1.807) is 4.68 Å². The number of ether oxygens (including phenoxy) is 1. The van der Waals surface area contributed by atoms with Gasteiger partial charge in [-0.15, -0.1) is 16.9 Å². The van der Waals surface area contributed by atoms with E-state index in [-0.39, 0.29) is 5.91 Å². The number of rotatable bonds is 7. The molecule has 3 heterocycles. The number of tetrazole rings is 1. The normalized spacial score (nSPS) is 18.6. The maximum atomic E-state index is 12.7. The number of piperidine rings is 1. The van der Waals surface area contributed by atoms with Crippen molar-refractivity contribution in [2.45, 2.75) is 49.4 Å². The van der Waals surface area contributed by atoms with E-state index < -0.39 is 0 Å². The first kappa shape index (κ1) is 21.3. The molecule has 2 aliphatic rings. The van der Waals surface area contributed by atoms with Gasteiger partial charge in [-0.1, -0.05) is 17.7 Å². The lowest BCUT2D eigenvalue weighted by molar-refractivity contribution is -0.132. The number of aryl methyl sites for hydroxylation is 2. The molecule has 30 heavy (non-hydrogen) atoms. The van der Waals surface area contributed by atoms with Crippen molar-refractivity contribution >= 4 is 17.7 Å². The van der Waals surface area contributed by atoms with Crippen LogP contribution in [0.3, 0.4) is 0 Å². The van der Waals surface area contributed by atoms with E-state index in [1.165, 1.54) is 10.5 Å². The van der Waals surface area contributed by atoms with Crippen LogP contribution in [0.4, 0.5) is 0 Å². The summed E-state index contributed by atoms with van der Waals surface area (Å²) in [6.45, 7) is 8.28. The molecule has 1 aromatic heterocycles. The van der Waals surface area contributed by atoms with Crippen LogP contribution in [-0.4, -0.2) is 80.6 Å². The zero-order valence-corrected chi connectivity index (χ0v) is 18.4. The number of hydrogen-bond donors (Lipinski definition) is 0. The fraction of sp³-hybridized carbons (Fsp3) is 0.619. The van der Waals surface area contributed by atoms with Crippen molar-refractivity contribution < 1.29 is 9.53 Å². The zero-order valence-electron chi connectivity index (χ0n) is 17.6. The van der Waals surface area contributed by atoms with Crippen molar-refractivity contribution in [2.75, 3.05) is 39.4 Å². The highest BCUT2D eigenvalue weighted by Gasteiger charge is 2.24. The summed E-state index contributed by atoms with van der Waals surface area (Å²) in [5, 5.41) is 12.6. The van der Waals surface area contributed by atoms with Crippen LogP contribution in [0.5, 0.6) is 0 Å². The first-order valence-corrected chi connectivity index (χ1v) is 11.6. The predicted octanol–water partition coefficient (Wildman–Crippen LogP) is 1.99. The maximum absolute atomic E-state index is 12.7. The molecule has 2 aromatic rings. The standard InChI is InChI=1S/C21H30N6O2S/c1-17-2-4-18(5-3-17)30-19-6-9-26(10-7-19)21(28)8-11-27-20(22-23-24-27)16-25-12-14-29-15-13-25/h2-5,19H,6-16H2,1H3. The molecule has 0 spiro atoms. The molecular weight excluding hydrogens is 400 g/mol. The van der Waals surface area contributed by atoms with E-state index in [1.807, 2.05) is 16.7 Å². The van der Waals surface area contributed by atoms with Gasteiger partial charge >= 0.3 is 0 Å². The van der Waals surface area contributed by atoms with Crippen molar-refractivity contribution in [3.8, 4) is 0 Å². The van der Waals surface area contributed by atoms with Crippen LogP contribution in [-0.2, 0) is 22.6 Å². The first-order chi connectivity index (χ1) is 14.7. The number of likely N-dealkylation sites (tertiary alicyclic amines) is 1. The van der Waals surface area contributed by atoms with Crippen molar-refractivity contribution in [2.24, 2.45) is 0 Å². The van der Waals surface area contributed by atoms with Gasteiger partial charge in [0, 0.05) is 42.7 Å². The monoisotopic (exact) mass is 430 g/mol. The van der Waals surface area contributed by atoms with E-state index in [9.17, 15) is 4.79 Å². The van der Waals surface area contributed by atoms with Crippen LogP contribution in [0, 0.1) is 6.92 Å². The molecule has 0 bridgehead atoms. The smallest absolute Gasteiger partial charge is 0.224 e. The molecule has 0 atom stereocenters. The van der Waals surface area contributed by atoms with Gasteiger partial charge in [0.15, 0.2) is 5.82 Å². The maximum Gasteiger partial charge on any atom is 0.224 e. The summed E-state index contributed by atoms with van der Waals surface area (Å²) >= 11 is 1.93. The molecular formula is C21H30N6O2S. The van der Waals surface area contributed by atoms with Crippen molar-refractivity contribution in [3.05, 3.63) is 35.7 Å². The Morgan fingerprint density at radius 2 is 1.87 bits per heavy atom. The van der Waals surface area contributed by atoms with E-state index >= 15 is 0 Å². The lowest BCUT2D eigenvalue weighted by Gasteiger charge is -2.32. The topological polar surface area (TPSA) is 76.4 Å². The molecule has 1 amide bonds. The number of thioether (sulfide) groups is 1. The highest BCUT2D eigenvalue weighted by Crippen LogP contribution is 2.30. The third-order valence-corrected chi connectivity index (χ3v) is 7.08. The van der Waals surface area contributed by atoms with Crippen LogP contribution >= 0.6 is 11.8 Å². The van der Waals surface area contributed by atoms with Gasteiger partial charge in [-0.2, -0.15) is 0 Å². The van der Waals surface area contributed by atoms with E-state index in [0.29, 0.717) is 24.8 Å². The molecule has 2 saturated heterocycles. The fourth-order valence-electron chi connectivity index (χ4n) is 3.86. The van der Waals surface area contributed by atoms with Gasteiger partial charge in [0.05, 0.1) is 26.3 Å². The highest BCUT2D eigenvalue weighted by molar-refractivity contribution is 8.00. The van der Waals surface area contributed by atoms with Gasteiger partial charge in [0.25, 0.3) is 0 Å². The minimum atomic E-state index is 0.196. The molecule has 8 nitrogen and oxygen atoms in total. The molecule has 162 valence electrons. The van der Waals surface area contributed by atoms with Crippen LogP contribution in [0.25, 0.3) is 0 Å². The zero-order chi connectivity index (χ0) is 20.8. The van der Waals surface area contributed by atoms with Crippen LogP contribution in [0.2, 0.25) is 0 Å². The second-order valence-corrected chi connectivity index (χ2v) is 9.34. The van der Waals surface area contributed by atoms with Gasteiger partial charge in [-0.05, 0) is 42.3 Å². The van der Waals surface area contributed by atoms with E-state index in [4.69, 9.17) is 4.74 Å². The Balaban J connectivity index is 1.21. The summed E-state index contributed by atoms with van der Waals surface area (Å²) < 4.78 is 7.16. The molecule has 0 aliphatic carbocycles. The second-order valence-electron chi connectivity index (χ2n) is 7.97. The van der Waals surface area contributed by atoms with Crippen molar-refractivity contribution in [1.29, 1.82) is 0 Å². The molecule has 0 N–H and O–H groups in total. The number of nitrogens with zero attached hydrogens (tertiary/aromatic N) is 6. The summed E-state index contributed by atoms with van der Waals surface area (Å²) in [7, 11) is 0. The number of amides is 1. The lowest BCUT2D eigenvalue weighted by atomic mass is 10.1. The van der Waals surface area contributed by atoms with Crippen molar-refractivity contribution in [3.63, 3.8) is 0 Å². The van der Waals surface area contributed by atoms with Crippen LogP contribution in [0.15, 0.2) is 29.2 Å². The molecule has 4 rings (SSSR count). The van der Waals surface area contributed by atoms with E-state index in [2.05, 4.69) is 51.6 Å². The molecule has 9 heteroatoms. The summed E-state index contributed by atoms with van der Waals surface area (Å²) in [5.41, 5.74) is 1.29. The van der Waals surface area contributed by atoms with Gasteiger partial charge < -0.3 is 9.64 Å². The Kier molecular flexibility index (Phi) is 7.35. The summed E-state index contributed by atoms with van der Waals surface area (Å²) in [6.07, 6.45) is 2.52. The Bertz CT molecular complexity index is 813. The number of carbonyl (C=O) groups excluding carboxylic acids is 1. The fourth-order valence-corrected chi connectivity index (χ4v) is 4.99. The van der Waals surface area contributed by atoms with Crippen LogP contribution < -0.4 is 0 Å². The Labute approximate surface area is 181 Å². The molecule has 1 aromatic carbocycles. The largest absolute Gasteiger partial charge is 0.379 e. The minimum Gasteiger partial charge on any atom is -0.379 e. The molecule has 0 saturated carbocycles. The third kappa shape index (κ3) is 5.80. The average molecular weight is 431 g/mol. The first-order valence-electron chi connectivity index (χ1n) is 10.7. The highest BCUT2D eigenvalue weighted by atomic mass is 32.2. The molecule has 0 radical (unpaired) electrons. The van der Waals surface area contributed by atoms with Crippen molar-refractivity contribution in [1.82, 2.24) is 30.0 Å². The van der Waals surface area contributed by atoms with Gasteiger partial charge in [-0.25, -0.2) is 4.68 Å². The lowest BCUT2D eigenvalue weighted by Crippen LogP contribution is -2.39. The van der Waals surface area contributed by atoms with E-state index in [0.717, 1.165) is 58.1 Å². The number of morpholine rings is 1. The Morgan fingerprint density at radius 1 is 1.13 bits per heavy atom. The third-order valence-electron chi connectivity index (χ3n) is 5.73. The molecule has 0 unspecified atom stereocenters. The van der Waals surface area contributed by atoms with Crippen LogP contribution in [0.1, 0.15) is 30.7 Å². The predicted molar refractivity (Wildman–Crippen MR) is 115 cm³/mol. The number of carbonyl (C=O) groups is 1. The number of aromatic nitrogens is 4. The summed E-state index contributed by atoms with van der Waals surface area (Å²) in [5.74, 6) is 1.01. The number of hydrogen-bond acceptors (Lipinski definition) is 7. The second kappa shape index (κ2) is 10.4. The minimum absolute atomic E-state index is 0.196. The summed E-state index contributed by atoms with van der Waals surface area (Å²) in [4.78, 5) is 18.3. The van der Waals surface area contributed by atoms with Gasteiger partial charge in [0.2, 0.25) is 5.91 Å². The van der Waals surface area contributed by atoms with Gasteiger partial charge in [0.1, 0.15) is 0 Å². The SMILES string of the molecule is Cc1ccc(SC2CCN(C(=O)CCn3nnnc3CN3CCOCC3)CC2)cc1. The Hall–Kier alpha value is -1.97. The summed E-state index contributed by atoms with van der Waals surface area (Å²) in [6, 6.07) is 8.71. The Morgan fingerprint density at radius 3 is 2.60 bits per heavy atom. The molecule has 2 aliphatic heterocycles.